The Bertz CT molecular complexity index is 470. The van der Waals surface area contributed by atoms with E-state index >= 15 is 0 Å². The molecular weight excluding hydrogens is 230 g/mol. The average Bonchev–Trinajstić information content (AvgIpc) is 2.30. The summed E-state index contributed by atoms with van der Waals surface area (Å²) in [5, 5.41) is 0.705. The van der Waals surface area contributed by atoms with Crippen LogP contribution in [0, 0.1) is 13.8 Å². The van der Waals surface area contributed by atoms with Gasteiger partial charge in [-0.25, -0.2) is 0 Å². The van der Waals surface area contributed by atoms with Crippen LogP contribution in [0.3, 0.4) is 0 Å². The molecule has 0 aliphatic heterocycles. The molecule has 0 aromatic heterocycles. The predicted molar refractivity (Wildman–Crippen MR) is 76.9 cm³/mol. The second-order valence-corrected chi connectivity index (χ2v) is 4.81. The van der Waals surface area contributed by atoms with Crippen LogP contribution in [0.15, 0.2) is 35.5 Å². The molecule has 2 heteroatoms. The fourth-order valence-electron chi connectivity index (χ4n) is 1.53. The molecule has 1 aromatic rings. The van der Waals surface area contributed by atoms with Crippen molar-refractivity contribution in [3.05, 3.63) is 52.2 Å². The third kappa shape index (κ3) is 3.64. The molecule has 0 bridgehead atoms. The largest absolute Gasteiger partial charge is 0.399 e. The minimum Gasteiger partial charge on any atom is -0.399 e. The van der Waals surface area contributed by atoms with E-state index in [4.69, 9.17) is 17.3 Å². The number of nitrogens with two attached hydrogens (primary N) is 1. The first-order chi connectivity index (χ1) is 7.95. The van der Waals surface area contributed by atoms with Gasteiger partial charge in [-0.1, -0.05) is 47.9 Å². The lowest BCUT2D eigenvalue weighted by Crippen LogP contribution is -1.98. The molecule has 1 nitrogen and oxygen atoms in total. The highest BCUT2D eigenvalue weighted by molar-refractivity contribution is 6.49. The molecule has 0 aliphatic rings. The number of allylic oxidation sites excluding steroid dienone is 2. The quantitative estimate of drug-likeness (QED) is 0.783. The molecule has 0 aliphatic carbocycles. The van der Waals surface area contributed by atoms with Crippen molar-refractivity contribution >= 4 is 16.6 Å². The second kappa shape index (κ2) is 5.92. The fraction of sp³-hybridized carbons (Fsp3) is 0.333. The minimum atomic E-state index is 0.705. The molecular formula is C15H20ClN. The SMILES string of the molecule is CC/C(C)=C(N)\C=C(\Cl)c1cc(C)ccc1C. The zero-order chi connectivity index (χ0) is 13.0. The van der Waals surface area contributed by atoms with Gasteiger partial charge in [-0.3, -0.25) is 0 Å². The van der Waals surface area contributed by atoms with Crippen molar-refractivity contribution in [1.82, 2.24) is 0 Å². The summed E-state index contributed by atoms with van der Waals surface area (Å²) in [6, 6.07) is 6.25. The molecule has 0 spiro atoms. The molecule has 0 saturated heterocycles. The summed E-state index contributed by atoms with van der Waals surface area (Å²) in [5.74, 6) is 0. The van der Waals surface area contributed by atoms with E-state index in [-0.39, 0.29) is 0 Å². The monoisotopic (exact) mass is 249 g/mol. The highest BCUT2D eigenvalue weighted by atomic mass is 35.5. The van der Waals surface area contributed by atoms with Crippen LogP contribution in [0.2, 0.25) is 0 Å². The van der Waals surface area contributed by atoms with Crippen LogP contribution < -0.4 is 5.73 Å². The van der Waals surface area contributed by atoms with Crippen LogP contribution in [0.1, 0.15) is 37.0 Å². The molecule has 0 unspecified atom stereocenters. The van der Waals surface area contributed by atoms with Gasteiger partial charge < -0.3 is 5.73 Å². The van der Waals surface area contributed by atoms with E-state index in [2.05, 4.69) is 39.0 Å². The molecule has 0 amide bonds. The Morgan fingerprint density at radius 1 is 1.35 bits per heavy atom. The number of benzene rings is 1. The standard InChI is InChI=1S/C15H20ClN/c1-5-11(3)15(17)9-14(16)13-8-10(2)6-7-12(13)4/h6-9H,5,17H2,1-4H3/b14-9+,15-11+. The van der Waals surface area contributed by atoms with Gasteiger partial charge in [0.15, 0.2) is 0 Å². The summed E-state index contributed by atoms with van der Waals surface area (Å²) in [6.07, 6.45) is 2.79. The van der Waals surface area contributed by atoms with E-state index in [0.717, 1.165) is 23.3 Å². The molecule has 0 radical (unpaired) electrons. The van der Waals surface area contributed by atoms with Crippen LogP contribution >= 0.6 is 11.6 Å². The van der Waals surface area contributed by atoms with Crippen molar-refractivity contribution in [2.75, 3.05) is 0 Å². The fourth-order valence-corrected chi connectivity index (χ4v) is 1.86. The van der Waals surface area contributed by atoms with Crippen molar-refractivity contribution in [2.24, 2.45) is 5.73 Å². The van der Waals surface area contributed by atoms with E-state index in [0.29, 0.717) is 5.03 Å². The second-order valence-electron chi connectivity index (χ2n) is 4.40. The van der Waals surface area contributed by atoms with Crippen molar-refractivity contribution in [3.63, 3.8) is 0 Å². The summed E-state index contributed by atoms with van der Waals surface area (Å²) < 4.78 is 0. The highest BCUT2D eigenvalue weighted by Crippen LogP contribution is 2.25. The van der Waals surface area contributed by atoms with Gasteiger partial charge in [0.1, 0.15) is 0 Å². The molecule has 1 rings (SSSR count). The number of halogens is 1. The third-order valence-corrected chi connectivity index (χ3v) is 3.27. The van der Waals surface area contributed by atoms with Gasteiger partial charge in [0.2, 0.25) is 0 Å². The summed E-state index contributed by atoms with van der Waals surface area (Å²) in [4.78, 5) is 0. The first-order valence-corrected chi connectivity index (χ1v) is 6.23. The number of hydrogen-bond donors (Lipinski definition) is 1. The Hall–Kier alpha value is -1.21. The minimum absolute atomic E-state index is 0.705. The van der Waals surface area contributed by atoms with Crippen molar-refractivity contribution in [1.29, 1.82) is 0 Å². The first kappa shape index (κ1) is 13.9. The van der Waals surface area contributed by atoms with Gasteiger partial charge in [-0.05, 0) is 44.4 Å². The van der Waals surface area contributed by atoms with Crippen LogP contribution in [0.4, 0.5) is 0 Å². The van der Waals surface area contributed by atoms with Crippen LogP contribution in [0.5, 0.6) is 0 Å². The van der Waals surface area contributed by atoms with Gasteiger partial charge in [0.25, 0.3) is 0 Å². The Morgan fingerprint density at radius 3 is 2.59 bits per heavy atom. The van der Waals surface area contributed by atoms with Gasteiger partial charge in [0.05, 0.1) is 5.03 Å². The maximum atomic E-state index is 6.33. The molecule has 0 fully saturated rings. The van der Waals surface area contributed by atoms with E-state index in [1.807, 2.05) is 13.0 Å². The van der Waals surface area contributed by atoms with Crippen molar-refractivity contribution < 1.29 is 0 Å². The van der Waals surface area contributed by atoms with E-state index in [1.165, 1.54) is 11.1 Å². The summed E-state index contributed by atoms with van der Waals surface area (Å²) in [6.45, 7) is 8.22. The van der Waals surface area contributed by atoms with E-state index in [9.17, 15) is 0 Å². The summed E-state index contributed by atoms with van der Waals surface area (Å²) in [5.41, 5.74) is 11.3. The molecule has 1 aromatic carbocycles. The predicted octanol–water partition coefficient (Wildman–Crippen LogP) is 4.53. The molecule has 17 heavy (non-hydrogen) atoms. The highest BCUT2D eigenvalue weighted by Gasteiger charge is 2.04. The molecule has 2 N–H and O–H groups in total. The number of hydrogen-bond acceptors (Lipinski definition) is 1. The zero-order valence-corrected chi connectivity index (χ0v) is 11.7. The Labute approximate surface area is 109 Å². The summed E-state index contributed by atoms with van der Waals surface area (Å²) >= 11 is 6.33. The Kier molecular flexibility index (Phi) is 4.83. The van der Waals surface area contributed by atoms with Gasteiger partial charge in [-0.15, -0.1) is 0 Å². The van der Waals surface area contributed by atoms with Gasteiger partial charge >= 0.3 is 0 Å². The number of aryl methyl sites for hydroxylation is 2. The zero-order valence-electron chi connectivity index (χ0n) is 11.0. The first-order valence-electron chi connectivity index (χ1n) is 5.85. The lowest BCUT2D eigenvalue weighted by Gasteiger charge is -2.07. The van der Waals surface area contributed by atoms with Crippen LogP contribution in [-0.2, 0) is 0 Å². The topological polar surface area (TPSA) is 26.0 Å². The van der Waals surface area contributed by atoms with Crippen molar-refractivity contribution in [2.45, 2.75) is 34.1 Å². The lowest BCUT2D eigenvalue weighted by molar-refractivity contribution is 1.06. The average molecular weight is 250 g/mol. The maximum Gasteiger partial charge on any atom is 0.0501 e. The van der Waals surface area contributed by atoms with Crippen LogP contribution in [0.25, 0.3) is 5.03 Å². The third-order valence-electron chi connectivity index (χ3n) is 2.96. The number of rotatable bonds is 3. The van der Waals surface area contributed by atoms with Gasteiger partial charge in [0, 0.05) is 5.70 Å². The van der Waals surface area contributed by atoms with Gasteiger partial charge in [-0.2, -0.15) is 0 Å². The molecule has 0 saturated carbocycles. The lowest BCUT2D eigenvalue weighted by atomic mass is 10.0. The summed E-state index contributed by atoms with van der Waals surface area (Å²) in [7, 11) is 0. The normalized spacial score (nSPS) is 13.6. The molecule has 0 heterocycles. The van der Waals surface area contributed by atoms with E-state index in [1.54, 1.807) is 0 Å². The van der Waals surface area contributed by atoms with Crippen molar-refractivity contribution in [3.8, 4) is 0 Å². The van der Waals surface area contributed by atoms with E-state index < -0.39 is 0 Å². The molecule has 0 atom stereocenters. The Morgan fingerprint density at radius 2 is 2.00 bits per heavy atom. The van der Waals surface area contributed by atoms with Crippen LogP contribution in [-0.4, -0.2) is 0 Å². The smallest absolute Gasteiger partial charge is 0.0501 e. The molecule has 92 valence electrons. The Balaban J connectivity index is 3.16. The maximum absolute atomic E-state index is 6.33.